The Balaban J connectivity index is 2.75. The van der Waals surface area contributed by atoms with Crippen molar-refractivity contribution in [2.24, 2.45) is 0 Å². The van der Waals surface area contributed by atoms with E-state index in [0.717, 1.165) is 19.3 Å². The molecular weight excluding hydrogens is 240 g/mol. The van der Waals surface area contributed by atoms with Gasteiger partial charge in [0, 0.05) is 26.2 Å². The Morgan fingerprint density at radius 1 is 1.29 bits per heavy atom. The van der Waals surface area contributed by atoms with E-state index in [1.807, 2.05) is 13.8 Å². The molecule has 1 aliphatic heterocycles. The molecule has 0 spiro atoms. The molecule has 0 aromatic heterocycles. The average Bonchev–Trinajstić information content (AvgIpc) is 2.29. The van der Waals surface area contributed by atoms with Gasteiger partial charge in [0.05, 0.1) is 6.10 Å². The molecule has 1 rings (SSSR count). The summed E-state index contributed by atoms with van der Waals surface area (Å²) >= 11 is 0. The van der Waals surface area contributed by atoms with Gasteiger partial charge in [0.2, 0.25) is 0 Å². The zero-order valence-corrected chi connectivity index (χ0v) is 11.6. The zero-order valence-electron chi connectivity index (χ0n) is 10.8. The Kier molecular flexibility index (Phi) is 5.85. The normalized spacial score (nSPS) is 23.2. The van der Waals surface area contributed by atoms with Gasteiger partial charge in [0.1, 0.15) is 0 Å². The largest absolute Gasteiger partial charge is 0.392 e. The van der Waals surface area contributed by atoms with E-state index in [9.17, 15) is 13.5 Å². The molecular formula is C11H24N2O3S. The highest BCUT2D eigenvalue weighted by atomic mass is 32.2. The van der Waals surface area contributed by atoms with E-state index >= 15 is 0 Å². The molecule has 0 aromatic carbocycles. The van der Waals surface area contributed by atoms with E-state index in [1.54, 1.807) is 0 Å². The van der Waals surface area contributed by atoms with Crippen LogP contribution in [0, 0.1) is 0 Å². The van der Waals surface area contributed by atoms with E-state index < -0.39 is 16.3 Å². The molecule has 1 N–H and O–H groups in total. The molecule has 5 nitrogen and oxygen atoms in total. The first kappa shape index (κ1) is 14.9. The van der Waals surface area contributed by atoms with Crippen LogP contribution in [-0.4, -0.2) is 54.4 Å². The summed E-state index contributed by atoms with van der Waals surface area (Å²) in [5.74, 6) is 0. The zero-order chi connectivity index (χ0) is 12.9. The van der Waals surface area contributed by atoms with Crippen molar-refractivity contribution < 1.29 is 13.5 Å². The fraction of sp³-hybridized carbons (Fsp3) is 1.00. The van der Waals surface area contributed by atoms with E-state index in [0.29, 0.717) is 26.1 Å². The lowest BCUT2D eigenvalue weighted by Crippen LogP contribution is -2.49. The molecule has 0 aliphatic carbocycles. The number of aliphatic hydroxyl groups is 1. The second-order valence-electron chi connectivity index (χ2n) is 4.56. The standard InChI is InChI=1S/C11H24N2O3S/c1-3-7-12(8-4-2)17(15,16)13-9-5-6-11(14)10-13/h11,14H,3-10H2,1-2H3/t11-/m0/s1. The first-order chi connectivity index (χ1) is 8.02. The molecule has 0 radical (unpaired) electrons. The topological polar surface area (TPSA) is 60.9 Å². The van der Waals surface area contributed by atoms with Gasteiger partial charge in [0.15, 0.2) is 0 Å². The van der Waals surface area contributed by atoms with E-state index in [2.05, 4.69) is 0 Å². The first-order valence-corrected chi connectivity index (χ1v) is 7.85. The molecule has 0 saturated carbocycles. The number of rotatable bonds is 6. The summed E-state index contributed by atoms with van der Waals surface area (Å²) in [5, 5.41) is 9.56. The number of hydrogen-bond donors (Lipinski definition) is 1. The third-order valence-electron chi connectivity index (χ3n) is 2.96. The minimum atomic E-state index is -3.37. The predicted molar refractivity (Wildman–Crippen MR) is 67.9 cm³/mol. The summed E-state index contributed by atoms with van der Waals surface area (Å²) in [6.07, 6.45) is 2.56. The highest BCUT2D eigenvalue weighted by Gasteiger charge is 2.32. The highest BCUT2D eigenvalue weighted by molar-refractivity contribution is 7.86. The Bertz CT molecular complexity index is 302. The molecule has 17 heavy (non-hydrogen) atoms. The molecule has 1 atom stereocenters. The van der Waals surface area contributed by atoms with Gasteiger partial charge in [-0.2, -0.15) is 17.0 Å². The van der Waals surface area contributed by atoms with Crippen molar-refractivity contribution in [3.05, 3.63) is 0 Å². The van der Waals surface area contributed by atoms with Gasteiger partial charge in [0.25, 0.3) is 10.2 Å². The van der Waals surface area contributed by atoms with Crippen LogP contribution in [0.25, 0.3) is 0 Å². The van der Waals surface area contributed by atoms with Crippen LogP contribution in [-0.2, 0) is 10.2 Å². The SMILES string of the molecule is CCCN(CCC)S(=O)(=O)N1CCC[C@H](O)C1. The van der Waals surface area contributed by atoms with Crippen LogP contribution in [0.4, 0.5) is 0 Å². The minimum absolute atomic E-state index is 0.242. The van der Waals surface area contributed by atoms with Gasteiger partial charge >= 0.3 is 0 Å². The lowest BCUT2D eigenvalue weighted by atomic mass is 10.1. The first-order valence-electron chi connectivity index (χ1n) is 6.45. The maximum Gasteiger partial charge on any atom is 0.282 e. The second-order valence-corrected chi connectivity index (χ2v) is 6.49. The molecule has 1 aliphatic rings. The Labute approximate surface area is 105 Å². The molecule has 102 valence electrons. The monoisotopic (exact) mass is 264 g/mol. The summed E-state index contributed by atoms with van der Waals surface area (Å²) in [6, 6.07) is 0. The van der Waals surface area contributed by atoms with Crippen LogP contribution in [0.2, 0.25) is 0 Å². The van der Waals surface area contributed by atoms with Crippen LogP contribution in [0.3, 0.4) is 0 Å². The number of β-amino-alcohol motifs (C(OH)–C–C–N with tert-alkyl or cyclic N) is 1. The van der Waals surface area contributed by atoms with Crippen LogP contribution in [0.1, 0.15) is 39.5 Å². The molecule has 1 saturated heterocycles. The molecule has 0 amide bonds. The van der Waals surface area contributed by atoms with Crippen LogP contribution in [0.15, 0.2) is 0 Å². The number of hydrogen-bond acceptors (Lipinski definition) is 3. The van der Waals surface area contributed by atoms with Gasteiger partial charge in [-0.3, -0.25) is 0 Å². The third-order valence-corrected chi connectivity index (χ3v) is 4.96. The van der Waals surface area contributed by atoms with Gasteiger partial charge in [-0.05, 0) is 25.7 Å². The van der Waals surface area contributed by atoms with E-state index in [4.69, 9.17) is 0 Å². The van der Waals surface area contributed by atoms with Crippen molar-refractivity contribution in [3.63, 3.8) is 0 Å². The van der Waals surface area contributed by atoms with Crippen molar-refractivity contribution in [2.45, 2.75) is 45.6 Å². The lowest BCUT2D eigenvalue weighted by Gasteiger charge is -2.33. The van der Waals surface area contributed by atoms with Crippen molar-refractivity contribution in [1.82, 2.24) is 8.61 Å². The van der Waals surface area contributed by atoms with Crippen molar-refractivity contribution in [3.8, 4) is 0 Å². The van der Waals surface area contributed by atoms with Crippen molar-refractivity contribution in [2.75, 3.05) is 26.2 Å². The fourth-order valence-corrected chi connectivity index (χ4v) is 4.01. The number of piperidine rings is 1. The Morgan fingerprint density at radius 2 is 1.88 bits per heavy atom. The van der Waals surface area contributed by atoms with Gasteiger partial charge < -0.3 is 5.11 Å². The van der Waals surface area contributed by atoms with Crippen molar-refractivity contribution in [1.29, 1.82) is 0 Å². The molecule has 1 fully saturated rings. The van der Waals surface area contributed by atoms with Gasteiger partial charge in [-0.15, -0.1) is 0 Å². The smallest absolute Gasteiger partial charge is 0.282 e. The van der Waals surface area contributed by atoms with Crippen molar-refractivity contribution >= 4 is 10.2 Å². The van der Waals surface area contributed by atoms with Gasteiger partial charge in [-0.25, -0.2) is 0 Å². The Morgan fingerprint density at radius 3 is 2.35 bits per heavy atom. The summed E-state index contributed by atoms with van der Waals surface area (Å²) in [5.41, 5.74) is 0. The van der Waals surface area contributed by atoms with Crippen LogP contribution < -0.4 is 0 Å². The number of aliphatic hydroxyl groups excluding tert-OH is 1. The number of nitrogens with zero attached hydrogens (tertiary/aromatic N) is 2. The fourth-order valence-electron chi connectivity index (χ4n) is 2.14. The minimum Gasteiger partial charge on any atom is -0.392 e. The second kappa shape index (κ2) is 6.68. The van der Waals surface area contributed by atoms with Crippen LogP contribution >= 0.6 is 0 Å². The molecule has 6 heteroatoms. The lowest BCUT2D eigenvalue weighted by molar-refractivity contribution is 0.104. The summed E-state index contributed by atoms with van der Waals surface area (Å²) in [4.78, 5) is 0. The maximum atomic E-state index is 12.4. The quantitative estimate of drug-likeness (QED) is 0.772. The molecule has 0 bridgehead atoms. The highest BCUT2D eigenvalue weighted by Crippen LogP contribution is 2.17. The Hall–Kier alpha value is -0.170. The maximum absolute atomic E-state index is 12.4. The summed E-state index contributed by atoms with van der Waals surface area (Å²) in [6.45, 7) is 5.84. The van der Waals surface area contributed by atoms with Gasteiger partial charge in [-0.1, -0.05) is 13.8 Å². The summed E-state index contributed by atoms with van der Waals surface area (Å²) < 4.78 is 27.7. The van der Waals surface area contributed by atoms with E-state index in [-0.39, 0.29) is 6.54 Å². The van der Waals surface area contributed by atoms with E-state index in [1.165, 1.54) is 8.61 Å². The molecule has 0 aromatic rings. The average molecular weight is 264 g/mol. The third kappa shape index (κ3) is 3.91. The summed E-state index contributed by atoms with van der Waals surface area (Å²) in [7, 11) is -3.37. The van der Waals surface area contributed by atoms with Crippen LogP contribution in [0.5, 0.6) is 0 Å². The molecule has 0 unspecified atom stereocenters. The molecule has 1 heterocycles. The predicted octanol–water partition coefficient (Wildman–Crippen LogP) is 0.810.